The van der Waals surface area contributed by atoms with E-state index >= 15 is 0 Å². The van der Waals surface area contributed by atoms with Crippen molar-refractivity contribution in [2.45, 2.75) is 6.18 Å². The zero-order chi connectivity index (χ0) is 11.6. The first-order valence-electron chi connectivity index (χ1n) is 4.14. The highest BCUT2D eigenvalue weighted by Gasteiger charge is 2.30. The molecule has 0 spiro atoms. The van der Waals surface area contributed by atoms with Gasteiger partial charge in [-0.3, -0.25) is 0 Å². The predicted octanol–water partition coefficient (Wildman–Crippen LogP) is 2.01. The molecule has 8 heteroatoms. The Morgan fingerprint density at radius 2 is 2.06 bits per heavy atom. The molecule has 0 fully saturated rings. The van der Waals surface area contributed by atoms with Gasteiger partial charge in [-0.15, -0.1) is 0 Å². The van der Waals surface area contributed by atoms with Gasteiger partial charge in [0.05, 0.1) is 5.56 Å². The van der Waals surface area contributed by atoms with Gasteiger partial charge in [0.2, 0.25) is 0 Å². The van der Waals surface area contributed by atoms with Gasteiger partial charge in [-0.2, -0.15) is 18.4 Å². The second-order valence-electron chi connectivity index (χ2n) is 2.82. The van der Waals surface area contributed by atoms with Gasteiger partial charge in [0.15, 0.2) is 0 Å². The maximum absolute atomic E-state index is 12.3. The van der Waals surface area contributed by atoms with Crippen LogP contribution in [0.15, 0.2) is 24.3 Å². The molecule has 0 aliphatic carbocycles. The highest BCUT2D eigenvalue weighted by atomic mass is 19.4. The fourth-order valence-corrected chi connectivity index (χ4v) is 1.04. The predicted molar refractivity (Wildman–Crippen MR) is 45.7 cm³/mol. The van der Waals surface area contributed by atoms with Crippen LogP contribution in [-0.4, -0.2) is 20.6 Å². The molecule has 0 saturated heterocycles. The Bertz CT molecular complexity index is 468. The van der Waals surface area contributed by atoms with Gasteiger partial charge in [0.25, 0.3) is 0 Å². The summed E-state index contributed by atoms with van der Waals surface area (Å²) in [6.45, 7) is 0. The van der Waals surface area contributed by atoms with Crippen LogP contribution in [0.1, 0.15) is 5.56 Å². The van der Waals surface area contributed by atoms with Crippen molar-refractivity contribution in [3.63, 3.8) is 0 Å². The number of hydrogen-bond acceptors (Lipinski definition) is 4. The van der Waals surface area contributed by atoms with E-state index in [-0.39, 0.29) is 11.8 Å². The van der Waals surface area contributed by atoms with Crippen molar-refractivity contribution in [2.24, 2.45) is 0 Å². The highest BCUT2D eigenvalue weighted by Crippen LogP contribution is 2.31. The molecule has 1 aromatic heterocycles. The molecule has 0 aliphatic heterocycles. The standard InChI is InChI=1S/C8H5F3N4O/c9-8(10,11)5-2-1-3-6(4-5)16-7-12-14-15-13-7/h1-4H,(H,12,13,14,15). The molecule has 1 N–H and O–H groups in total. The van der Waals surface area contributed by atoms with Gasteiger partial charge >= 0.3 is 12.2 Å². The molecule has 0 radical (unpaired) electrons. The van der Waals surface area contributed by atoms with E-state index in [1.807, 2.05) is 0 Å². The second kappa shape index (κ2) is 3.80. The molecule has 1 heterocycles. The molecule has 5 nitrogen and oxygen atoms in total. The zero-order valence-corrected chi connectivity index (χ0v) is 7.69. The van der Waals surface area contributed by atoms with Crippen LogP contribution in [0, 0.1) is 0 Å². The van der Waals surface area contributed by atoms with E-state index in [9.17, 15) is 13.2 Å². The lowest BCUT2D eigenvalue weighted by atomic mass is 10.2. The highest BCUT2D eigenvalue weighted by molar-refractivity contribution is 5.31. The summed E-state index contributed by atoms with van der Waals surface area (Å²) in [6, 6.07) is 4.27. The minimum Gasteiger partial charge on any atom is -0.422 e. The molecule has 2 aromatic rings. The number of halogens is 3. The van der Waals surface area contributed by atoms with Crippen LogP contribution >= 0.6 is 0 Å². The Morgan fingerprint density at radius 1 is 1.25 bits per heavy atom. The number of H-pyrrole nitrogens is 1. The molecule has 16 heavy (non-hydrogen) atoms. The van der Waals surface area contributed by atoms with Gasteiger partial charge in [0.1, 0.15) is 5.75 Å². The van der Waals surface area contributed by atoms with Crippen molar-refractivity contribution in [1.29, 1.82) is 0 Å². The van der Waals surface area contributed by atoms with Crippen LogP contribution in [0.3, 0.4) is 0 Å². The summed E-state index contributed by atoms with van der Waals surface area (Å²) in [5.74, 6) is -0.00350. The van der Waals surface area contributed by atoms with E-state index in [1.54, 1.807) is 0 Å². The van der Waals surface area contributed by atoms with Gasteiger partial charge in [-0.25, -0.2) is 0 Å². The van der Waals surface area contributed by atoms with Crippen LogP contribution in [-0.2, 0) is 6.18 Å². The molecule has 0 saturated carbocycles. The lowest BCUT2D eigenvalue weighted by molar-refractivity contribution is -0.137. The minimum atomic E-state index is -4.41. The largest absolute Gasteiger partial charge is 0.422 e. The van der Waals surface area contributed by atoms with E-state index in [0.717, 1.165) is 12.1 Å². The molecular weight excluding hydrogens is 225 g/mol. The molecule has 0 aliphatic rings. The minimum absolute atomic E-state index is 0.00350. The molecule has 84 valence electrons. The second-order valence-corrected chi connectivity index (χ2v) is 2.82. The number of aromatic nitrogens is 4. The first-order valence-corrected chi connectivity index (χ1v) is 4.14. The average molecular weight is 230 g/mol. The topological polar surface area (TPSA) is 63.7 Å². The molecule has 2 rings (SSSR count). The number of hydrogen-bond donors (Lipinski definition) is 1. The number of nitrogens with one attached hydrogen (secondary N) is 1. The van der Waals surface area contributed by atoms with Crippen LogP contribution in [0.4, 0.5) is 13.2 Å². The number of aromatic amines is 1. The third-order valence-corrected chi connectivity index (χ3v) is 1.70. The van der Waals surface area contributed by atoms with Gasteiger partial charge in [-0.05, 0) is 23.4 Å². The van der Waals surface area contributed by atoms with Crippen LogP contribution in [0.5, 0.6) is 11.8 Å². The first-order chi connectivity index (χ1) is 7.55. The van der Waals surface area contributed by atoms with E-state index in [1.165, 1.54) is 12.1 Å². The van der Waals surface area contributed by atoms with Crippen molar-refractivity contribution in [3.05, 3.63) is 29.8 Å². The van der Waals surface area contributed by atoms with Crippen LogP contribution in [0.25, 0.3) is 0 Å². The molecule has 0 unspecified atom stereocenters. The molecule has 0 amide bonds. The number of ether oxygens (including phenoxy) is 1. The maximum Gasteiger partial charge on any atom is 0.416 e. The number of nitrogens with zero attached hydrogens (tertiary/aromatic N) is 3. The normalized spacial score (nSPS) is 11.4. The number of rotatable bonds is 2. The fraction of sp³-hybridized carbons (Fsp3) is 0.125. The molecule has 0 bridgehead atoms. The number of alkyl halides is 3. The monoisotopic (exact) mass is 230 g/mol. The van der Waals surface area contributed by atoms with E-state index in [2.05, 4.69) is 20.6 Å². The summed E-state index contributed by atoms with van der Waals surface area (Å²) in [5.41, 5.74) is -0.798. The third kappa shape index (κ3) is 2.27. The third-order valence-electron chi connectivity index (χ3n) is 1.70. The molecule has 1 aromatic carbocycles. The van der Waals surface area contributed by atoms with Crippen molar-refractivity contribution >= 4 is 0 Å². The smallest absolute Gasteiger partial charge is 0.416 e. The summed E-state index contributed by atoms with van der Waals surface area (Å²) in [4.78, 5) is 0. The van der Waals surface area contributed by atoms with Crippen LogP contribution < -0.4 is 4.74 Å². The average Bonchev–Trinajstić information content (AvgIpc) is 2.70. The molecule has 0 atom stereocenters. The molecular formula is C8H5F3N4O. The van der Waals surface area contributed by atoms with Gasteiger partial charge in [0, 0.05) is 0 Å². The van der Waals surface area contributed by atoms with Gasteiger partial charge in [-0.1, -0.05) is 16.3 Å². The number of benzene rings is 1. The lowest BCUT2D eigenvalue weighted by Gasteiger charge is -2.07. The Hall–Kier alpha value is -2.12. The quantitative estimate of drug-likeness (QED) is 0.857. The Balaban J connectivity index is 2.23. The lowest BCUT2D eigenvalue weighted by Crippen LogP contribution is -2.04. The zero-order valence-electron chi connectivity index (χ0n) is 7.69. The van der Waals surface area contributed by atoms with Crippen molar-refractivity contribution in [3.8, 4) is 11.8 Å². The van der Waals surface area contributed by atoms with Gasteiger partial charge < -0.3 is 4.74 Å². The Labute approximate surface area is 87.2 Å². The number of tetrazole rings is 1. The first kappa shape index (κ1) is 10.4. The Morgan fingerprint density at radius 3 is 2.69 bits per heavy atom. The summed E-state index contributed by atoms with van der Waals surface area (Å²) < 4.78 is 42.0. The van der Waals surface area contributed by atoms with Crippen molar-refractivity contribution < 1.29 is 17.9 Å². The van der Waals surface area contributed by atoms with Crippen LogP contribution in [0.2, 0.25) is 0 Å². The van der Waals surface area contributed by atoms with Crippen molar-refractivity contribution in [1.82, 2.24) is 20.6 Å². The summed E-state index contributed by atoms with van der Waals surface area (Å²) in [7, 11) is 0. The van der Waals surface area contributed by atoms with E-state index in [4.69, 9.17) is 4.74 Å². The van der Waals surface area contributed by atoms with E-state index in [0.29, 0.717) is 0 Å². The maximum atomic E-state index is 12.3. The van der Waals surface area contributed by atoms with E-state index < -0.39 is 11.7 Å². The fourth-order valence-electron chi connectivity index (χ4n) is 1.04. The Kier molecular flexibility index (Phi) is 2.47. The SMILES string of the molecule is FC(F)(F)c1cccc(Oc2nn[nH]n2)c1. The summed E-state index contributed by atoms with van der Waals surface area (Å²) in [6.07, 6.45) is -4.41. The summed E-state index contributed by atoms with van der Waals surface area (Å²) >= 11 is 0. The summed E-state index contributed by atoms with van der Waals surface area (Å²) in [5, 5.41) is 12.2. The van der Waals surface area contributed by atoms with Crippen molar-refractivity contribution in [2.75, 3.05) is 0 Å².